The number of carboxylic acids is 1. The third-order valence-corrected chi connectivity index (χ3v) is 3.44. The number of hydrogen-bond acceptors (Lipinski definition) is 2. The molecular weight excluding hydrogens is 214 g/mol. The van der Waals surface area contributed by atoms with Crippen LogP contribution in [0, 0.1) is 12.8 Å². The van der Waals surface area contributed by atoms with E-state index >= 15 is 0 Å². The molecule has 17 heavy (non-hydrogen) atoms. The van der Waals surface area contributed by atoms with Crippen molar-refractivity contribution in [1.29, 1.82) is 0 Å². The minimum atomic E-state index is -0.729. The summed E-state index contributed by atoms with van der Waals surface area (Å²) in [7, 11) is 0. The van der Waals surface area contributed by atoms with Gasteiger partial charge in [0, 0.05) is 6.04 Å². The Morgan fingerprint density at radius 1 is 1.41 bits per heavy atom. The van der Waals surface area contributed by atoms with E-state index in [0.29, 0.717) is 5.92 Å². The van der Waals surface area contributed by atoms with Crippen molar-refractivity contribution in [2.45, 2.75) is 38.8 Å². The summed E-state index contributed by atoms with van der Waals surface area (Å²) in [5.41, 5.74) is 2.38. The Labute approximate surface area is 102 Å². The second-order valence-corrected chi connectivity index (χ2v) is 4.90. The lowest BCUT2D eigenvalue weighted by Crippen LogP contribution is -2.40. The zero-order chi connectivity index (χ0) is 12.4. The van der Waals surface area contributed by atoms with Gasteiger partial charge in [0.2, 0.25) is 0 Å². The quantitative estimate of drug-likeness (QED) is 0.821. The summed E-state index contributed by atoms with van der Waals surface area (Å²) in [5.74, 6) is -0.410. The molecular formula is C14H19NO2. The van der Waals surface area contributed by atoms with Crippen LogP contribution in [-0.2, 0) is 4.79 Å². The number of aliphatic carboxylic acids is 1. The van der Waals surface area contributed by atoms with Gasteiger partial charge in [-0.1, -0.05) is 24.3 Å². The highest BCUT2D eigenvalue weighted by atomic mass is 16.4. The fourth-order valence-electron chi connectivity index (χ4n) is 2.27. The fourth-order valence-corrected chi connectivity index (χ4v) is 2.27. The molecule has 2 rings (SSSR count). The lowest BCUT2D eigenvalue weighted by molar-refractivity contribution is -0.140. The van der Waals surface area contributed by atoms with Gasteiger partial charge >= 0.3 is 5.97 Å². The molecule has 0 amide bonds. The molecule has 1 aliphatic rings. The predicted molar refractivity (Wildman–Crippen MR) is 66.9 cm³/mol. The third kappa shape index (κ3) is 2.86. The molecule has 92 valence electrons. The number of hydrogen-bond donors (Lipinski definition) is 2. The number of carbonyl (C=O) groups is 1. The first-order valence-corrected chi connectivity index (χ1v) is 6.14. The minimum Gasteiger partial charge on any atom is -0.480 e. The molecule has 0 heterocycles. The van der Waals surface area contributed by atoms with Gasteiger partial charge in [0.05, 0.1) is 0 Å². The van der Waals surface area contributed by atoms with E-state index in [1.54, 1.807) is 0 Å². The Balaban J connectivity index is 2.07. The largest absolute Gasteiger partial charge is 0.480 e. The highest BCUT2D eigenvalue weighted by molar-refractivity contribution is 5.74. The number of carboxylic acid groups (broad SMARTS) is 1. The van der Waals surface area contributed by atoms with Crippen molar-refractivity contribution < 1.29 is 9.90 Å². The molecule has 2 atom stereocenters. The van der Waals surface area contributed by atoms with Crippen molar-refractivity contribution in [2.75, 3.05) is 0 Å². The number of nitrogens with one attached hydrogen (secondary N) is 1. The van der Waals surface area contributed by atoms with Gasteiger partial charge in [0.25, 0.3) is 0 Å². The molecule has 0 aliphatic heterocycles. The summed E-state index contributed by atoms with van der Waals surface area (Å²) >= 11 is 0. The van der Waals surface area contributed by atoms with E-state index in [2.05, 4.69) is 24.4 Å². The molecule has 0 saturated heterocycles. The van der Waals surface area contributed by atoms with Crippen LogP contribution in [0.5, 0.6) is 0 Å². The second kappa shape index (κ2) is 4.88. The van der Waals surface area contributed by atoms with Crippen LogP contribution < -0.4 is 5.32 Å². The van der Waals surface area contributed by atoms with E-state index in [0.717, 1.165) is 12.8 Å². The van der Waals surface area contributed by atoms with E-state index in [9.17, 15) is 9.90 Å². The Kier molecular flexibility index (Phi) is 3.48. The zero-order valence-electron chi connectivity index (χ0n) is 10.3. The molecule has 1 aliphatic carbocycles. The highest BCUT2D eigenvalue weighted by Crippen LogP contribution is 2.34. The number of rotatable bonds is 5. The van der Waals surface area contributed by atoms with Crippen LogP contribution in [0.25, 0.3) is 0 Å². The molecule has 3 nitrogen and oxygen atoms in total. The van der Waals surface area contributed by atoms with Crippen molar-refractivity contribution in [3.8, 4) is 0 Å². The van der Waals surface area contributed by atoms with Gasteiger partial charge in [0.15, 0.2) is 0 Å². The van der Waals surface area contributed by atoms with Crippen molar-refractivity contribution in [2.24, 2.45) is 5.92 Å². The number of aryl methyl sites for hydroxylation is 1. The highest BCUT2D eigenvalue weighted by Gasteiger charge is 2.36. The molecule has 1 fully saturated rings. The maximum atomic E-state index is 11.2. The minimum absolute atomic E-state index is 0.0814. The summed E-state index contributed by atoms with van der Waals surface area (Å²) in [6.45, 7) is 4.08. The lowest BCUT2D eigenvalue weighted by atomic mass is 10.0. The summed E-state index contributed by atoms with van der Waals surface area (Å²) in [5, 5.41) is 12.4. The summed E-state index contributed by atoms with van der Waals surface area (Å²) in [6.07, 6.45) is 2.06. The van der Waals surface area contributed by atoms with Crippen LogP contribution in [0.15, 0.2) is 24.3 Å². The van der Waals surface area contributed by atoms with Gasteiger partial charge in [0.1, 0.15) is 6.04 Å². The van der Waals surface area contributed by atoms with Gasteiger partial charge < -0.3 is 5.11 Å². The van der Waals surface area contributed by atoms with E-state index in [-0.39, 0.29) is 6.04 Å². The Morgan fingerprint density at radius 2 is 2.06 bits per heavy atom. The first-order valence-electron chi connectivity index (χ1n) is 6.14. The van der Waals surface area contributed by atoms with Gasteiger partial charge in [-0.25, -0.2) is 0 Å². The summed E-state index contributed by atoms with van der Waals surface area (Å²) in [4.78, 5) is 11.2. The van der Waals surface area contributed by atoms with Crippen LogP contribution in [-0.4, -0.2) is 17.1 Å². The molecule has 3 heteroatoms. The first-order chi connectivity index (χ1) is 8.09. The Bertz CT molecular complexity index is 412. The average molecular weight is 233 g/mol. The van der Waals surface area contributed by atoms with Crippen molar-refractivity contribution in [3.63, 3.8) is 0 Å². The van der Waals surface area contributed by atoms with Gasteiger partial charge in [-0.3, -0.25) is 10.1 Å². The number of benzene rings is 1. The second-order valence-electron chi connectivity index (χ2n) is 4.90. The molecule has 0 aromatic heterocycles. The standard InChI is InChI=1S/C14H19NO2/c1-9-5-3-4-6-12(9)10(2)15-13(14(16)17)11-7-8-11/h3-6,10-11,13,15H,7-8H2,1-2H3,(H,16,17)/t10-,13?/m0/s1. The van der Waals surface area contributed by atoms with E-state index in [1.165, 1.54) is 11.1 Å². The Morgan fingerprint density at radius 3 is 2.59 bits per heavy atom. The van der Waals surface area contributed by atoms with Crippen LogP contribution in [0.3, 0.4) is 0 Å². The maximum Gasteiger partial charge on any atom is 0.320 e. The lowest BCUT2D eigenvalue weighted by Gasteiger charge is -2.21. The van der Waals surface area contributed by atoms with Crippen molar-refractivity contribution in [3.05, 3.63) is 35.4 Å². The molecule has 2 N–H and O–H groups in total. The maximum absolute atomic E-state index is 11.2. The first kappa shape index (κ1) is 12.1. The Hall–Kier alpha value is -1.35. The fraction of sp³-hybridized carbons (Fsp3) is 0.500. The van der Waals surface area contributed by atoms with Crippen LogP contribution in [0.4, 0.5) is 0 Å². The normalized spacial score (nSPS) is 18.7. The molecule has 1 unspecified atom stereocenters. The van der Waals surface area contributed by atoms with E-state index in [4.69, 9.17) is 0 Å². The topological polar surface area (TPSA) is 49.3 Å². The van der Waals surface area contributed by atoms with Crippen LogP contribution >= 0.6 is 0 Å². The molecule has 1 aromatic rings. The predicted octanol–water partition coefficient (Wildman–Crippen LogP) is 2.51. The molecule has 0 bridgehead atoms. The van der Waals surface area contributed by atoms with Gasteiger partial charge in [-0.2, -0.15) is 0 Å². The smallest absolute Gasteiger partial charge is 0.320 e. The molecule has 0 radical (unpaired) electrons. The SMILES string of the molecule is Cc1ccccc1[C@H](C)NC(C(=O)O)C1CC1. The monoisotopic (exact) mass is 233 g/mol. The average Bonchev–Trinajstić information content (AvgIpc) is 3.09. The van der Waals surface area contributed by atoms with Crippen LogP contribution in [0.2, 0.25) is 0 Å². The molecule has 0 spiro atoms. The summed E-state index contributed by atoms with van der Waals surface area (Å²) in [6, 6.07) is 7.79. The van der Waals surface area contributed by atoms with Crippen LogP contribution in [0.1, 0.15) is 36.9 Å². The van der Waals surface area contributed by atoms with Gasteiger partial charge in [-0.15, -0.1) is 0 Å². The summed E-state index contributed by atoms with van der Waals surface area (Å²) < 4.78 is 0. The zero-order valence-corrected chi connectivity index (χ0v) is 10.3. The van der Waals surface area contributed by atoms with E-state index in [1.807, 2.05) is 19.1 Å². The third-order valence-electron chi connectivity index (χ3n) is 3.44. The molecule has 1 aromatic carbocycles. The van der Waals surface area contributed by atoms with Crippen molar-refractivity contribution >= 4 is 5.97 Å². The molecule has 1 saturated carbocycles. The van der Waals surface area contributed by atoms with Crippen molar-refractivity contribution in [1.82, 2.24) is 5.32 Å². The van der Waals surface area contributed by atoms with Gasteiger partial charge in [-0.05, 0) is 43.7 Å². The van der Waals surface area contributed by atoms with E-state index < -0.39 is 12.0 Å².